The van der Waals surface area contributed by atoms with Gasteiger partial charge in [0.2, 0.25) is 0 Å². The van der Waals surface area contributed by atoms with Crippen LogP contribution in [0.25, 0.3) is 0 Å². The van der Waals surface area contributed by atoms with Crippen molar-refractivity contribution in [2.45, 2.75) is 104 Å². The summed E-state index contributed by atoms with van der Waals surface area (Å²) in [4.78, 5) is 50.6. The molecule has 1 unspecified atom stereocenters. The van der Waals surface area contributed by atoms with Crippen LogP contribution in [-0.4, -0.2) is 60.0 Å². The molecule has 0 aromatic carbocycles. The lowest BCUT2D eigenvalue weighted by Crippen LogP contribution is -2.50. The minimum atomic E-state index is -1.05. The highest BCUT2D eigenvalue weighted by atomic mass is 16.6. The maximum Gasteiger partial charge on any atom is 0.334 e. The van der Waals surface area contributed by atoms with Crippen LogP contribution in [0.15, 0.2) is 34.4 Å². The predicted octanol–water partition coefficient (Wildman–Crippen LogP) is 4.37. The molecule has 234 valence electrons. The van der Waals surface area contributed by atoms with Gasteiger partial charge in [0.05, 0.1) is 18.1 Å². The lowest BCUT2D eigenvalue weighted by molar-refractivity contribution is -0.156. The van der Waals surface area contributed by atoms with E-state index in [1.807, 2.05) is 13.8 Å². The second kappa shape index (κ2) is 10.3. The van der Waals surface area contributed by atoms with Crippen LogP contribution in [0.3, 0.4) is 0 Å². The smallest absolute Gasteiger partial charge is 0.334 e. The number of carbonyl (C=O) groups is 4. The first-order chi connectivity index (χ1) is 20.2. The molecule has 2 aliphatic heterocycles. The van der Waals surface area contributed by atoms with Gasteiger partial charge in [0, 0.05) is 49.0 Å². The van der Waals surface area contributed by atoms with Crippen molar-refractivity contribution < 1.29 is 43.2 Å². The zero-order chi connectivity index (χ0) is 31.2. The summed E-state index contributed by atoms with van der Waals surface area (Å²) >= 11 is 0. The van der Waals surface area contributed by atoms with Crippen LogP contribution in [0, 0.1) is 40.4 Å². The number of aliphatic hydroxyl groups is 1. The Morgan fingerprint density at radius 2 is 1.81 bits per heavy atom. The number of hydrogen-bond donors (Lipinski definition) is 1. The number of ether oxygens (including phenoxy) is 4. The molecule has 6 aliphatic rings. The van der Waals surface area contributed by atoms with Crippen molar-refractivity contribution in [3.63, 3.8) is 0 Å². The third-order valence-electron chi connectivity index (χ3n) is 12.0. The molecule has 9 nitrogen and oxygen atoms in total. The molecule has 9 heteroatoms. The van der Waals surface area contributed by atoms with E-state index in [-0.39, 0.29) is 41.8 Å². The van der Waals surface area contributed by atoms with Gasteiger partial charge in [-0.05, 0) is 63.4 Å². The number of fused-ring (bicyclic) bond motifs is 5. The molecule has 11 atom stereocenters. The Morgan fingerprint density at radius 3 is 2.49 bits per heavy atom. The Hall–Kier alpha value is -2.94. The summed E-state index contributed by atoms with van der Waals surface area (Å²) < 4.78 is 23.3. The van der Waals surface area contributed by atoms with Crippen LogP contribution in [0.5, 0.6) is 0 Å². The number of rotatable bonds is 6. The lowest BCUT2D eigenvalue weighted by Gasteiger charge is -2.45. The van der Waals surface area contributed by atoms with Crippen molar-refractivity contribution in [1.82, 2.24) is 0 Å². The van der Waals surface area contributed by atoms with Gasteiger partial charge in [0.25, 0.3) is 0 Å². The summed E-state index contributed by atoms with van der Waals surface area (Å²) in [5.41, 5.74) is 2.89. The lowest BCUT2D eigenvalue weighted by atomic mass is 9.55. The second-order valence-corrected chi connectivity index (χ2v) is 14.1. The highest BCUT2D eigenvalue weighted by molar-refractivity contribution is 5.91. The van der Waals surface area contributed by atoms with Crippen LogP contribution in [-0.2, 0) is 38.1 Å². The van der Waals surface area contributed by atoms with Crippen LogP contribution in [0.4, 0.5) is 0 Å². The summed E-state index contributed by atoms with van der Waals surface area (Å²) in [7, 11) is 0. The maximum atomic E-state index is 14.2. The quantitative estimate of drug-likeness (QED) is 0.156. The van der Waals surface area contributed by atoms with Crippen LogP contribution >= 0.6 is 0 Å². The Morgan fingerprint density at radius 1 is 1.09 bits per heavy atom. The van der Waals surface area contributed by atoms with E-state index in [1.54, 1.807) is 0 Å². The van der Waals surface area contributed by atoms with E-state index in [4.69, 9.17) is 18.9 Å². The Labute approximate surface area is 253 Å². The fraction of sp³-hybridized carbons (Fsp3) is 0.706. The van der Waals surface area contributed by atoms with Gasteiger partial charge in [-0.25, -0.2) is 4.79 Å². The van der Waals surface area contributed by atoms with E-state index in [9.17, 15) is 24.3 Å². The van der Waals surface area contributed by atoms with Gasteiger partial charge >= 0.3 is 23.9 Å². The number of esters is 4. The molecule has 6 rings (SSSR count). The standard InChI is InChI=1S/C34H44O9/c1-15(9-8-10-40-20(6)35)26-16(2)11-25-28(29(26)37)34(32(39)43-25)14-33-17(3)12-24-22(18(4)31(38)42-24)13-23(33)19(5)27(34)30(33)41-21(7)36/h15,17,22,24-25,27-30,37H,4,8-14H2,1-3,5-7H3/t15-,17-,22+,24-,25+,27-,28+,29+,30?,33-,34+/m1/s1. The van der Waals surface area contributed by atoms with Crippen molar-refractivity contribution in [2.24, 2.45) is 40.4 Å². The zero-order valence-corrected chi connectivity index (χ0v) is 26.1. The molecule has 2 saturated heterocycles. The van der Waals surface area contributed by atoms with Crippen molar-refractivity contribution in [3.05, 3.63) is 34.4 Å². The van der Waals surface area contributed by atoms with Gasteiger partial charge in [-0.1, -0.05) is 37.1 Å². The molecule has 43 heavy (non-hydrogen) atoms. The first-order valence-corrected chi connectivity index (χ1v) is 15.7. The molecular formula is C34H44O9. The Bertz CT molecular complexity index is 1360. The topological polar surface area (TPSA) is 125 Å². The summed E-state index contributed by atoms with van der Waals surface area (Å²) in [6.45, 7) is 15.4. The van der Waals surface area contributed by atoms with E-state index in [0.29, 0.717) is 44.3 Å². The first-order valence-electron chi connectivity index (χ1n) is 15.7. The molecule has 0 aromatic heterocycles. The van der Waals surface area contributed by atoms with Crippen LogP contribution in [0.2, 0.25) is 0 Å². The zero-order valence-electron chi connectivity index (χ0n) is 26.1. The fourth-order valence-electron chi connectivity index (χ4n) is 10.4. The molecule has 0 radical (unpaired) electrons. The van der Waals surface area contributed by atoms with Gasteiger partial charge in [-0.15, -0.1) is 0 Å². The van der Waals surface area contributed by atoms with Crippen molar-refractivity contribution in [2.75, 3.05) is 6.61 Å². The third kappa shape index (κ3) is 4.12. The maximum absolute atomic E-state index is 14.2. The van der Waals surface area contributed by atoms with E-state index < -0.39 is 46.9 Å². The average molecular weight is 597 g/mol. The Kier molecular flexibility index (Phi) is 7.22. The van der Waals surface area contributed by atoms with Crippen molar-refractivity contribution >= 4 is 23.9 Å². The van der Waals surface area contributed by atoms with Crippen molar-refractivity contribution in [3.8, 4) is 0 Å². The highest BCUT2D eigenvalue weighted by Crippen LogP contribution is 2.76. The monoisotopic (exact) mass is 596 g/mol. The van der Waals surface area contributed by atoms with Crippen LogP contribution < -0.4 is 0 Å². The first kappa shape index (κ1) is 30.1. The molecular weight excluding hydrogens is 552 g/mol. The molecule has 2 bridgehead atoms. The SMILES string of the molecule is C=C1C(=O)O[C@@H]2C[C@@H](C)[C@]34C[C@]5(C(=O)O[C@H]6CC(C)=C([C@H](C)CCCOC(C)=O)[C@H](O)[C@H]65)[C@H](C(C)=C3C[C@@H]12)C4OC(C)=O. The van der Waals surface area contributed by atoms with Gasteiger partial charge in [0.15, 0.2) is 0 Å². The molecule has 0 aromatic rings. The normalized spacial score (nSPS) is 41.9. The minimum absolute atomic E-state index is 0.0179. The molecule has 2 heterocycles. The average Bonchev–Trinajstić information content (AvgIpc) is 3.49. The van der Waals surface area contributed by atoms with Crippen LogP contribution in [0.1, 0.15) is 80.1 Å². The molecule has 2 spiro atoms. The number of hydrogen-bond acceptors (Lipinski definition) is 9. The van der Waals surface area contributed by atoms with Gasteiger partial charge in [-0.2, -0.15) is 0 Å². The van der Waals surface area contributed by atoms with E-state index >= 15 is 0 Å². The summed E-state index contributed by atoms with van der Waals surface area (Å²) in [6, 6.07) is 0. The largest absolute Gasteiger partial charge is 0.466 e. The van der Waals surface area contributed by atoms with E-state index in [0.717, 1.165) is 28.7 Å². The number of aliphatic hydroxyl groups excluding tert-OH is 1. The highest BCUT2D eigenvalue weighted by Gasteiger charge is 2.79. The fourth-order valence-corrected chi connectivity index (χ4v) is 10.4. The molecule has 1 N–H and O–H groups in total. The van der Waals surface area contributed by atoms with E-state index in [2.05, 4.69) is 20.4 Å². The number of carbonyl (C=O) groups excluding carboxylic acids is 4. The second-order valence-electron chi connectivity index (χ2n) is 14.1. The van der Waals surface area contributed by atoms with Gasteiger partial charge < -0.3 is 24.1 Å². The predicted molar refractivity (Wildman–Crippen MR) is 154 cm³/mol. The minimum Gasteiger partial charge on any atom is -0.466 e. The molecule has 2 saturated carbocycles. The summed E-state index contributed by atoms with van der Waals surface area (Å²) in [6.07, 6.45) is 1.25. The summed E-state index contributed by atoms with van der Waals surface area (Å²) in [5, 5.41) is 12.2. The molecule has 4 aliphatic carbocycles. The molecule has 4 fully saturated rings. The van der Waals surface area contributed by atoms with Gasteiger partial charge in [0.1, 0.15) is 18.3 Å². The van der Waals surface area contributed by atoms with Crippen molar-refractivity contribution in [1.29, 1.82) is 0 Å². The summed E-state index contributed by atoms with van der Waals surface area (Å²) in [5.74, 6) is -2.51. The Balaban J connectivity index is 1.40. The third-order valence-corrected chi connectivity index (χ3v) is 12.0. The molecule has 0 amide bonds. The van der Waals surface area contributed by atoms with E-state index in [1.165, 1.54) is 13.8 Å². The van der Waals surface area contributed by atoms with Gasteiger partial charge in [-0.3, -0.25) is 14.4 Å².